The van der Waals surface area contributed by atoms with Crippen LogP contribution in [0.4, 0.5) is 5.95 Å². The molecule has 2 N–H and O–H groups in total. The molecule has 106 valence electrons. The van der Waals surface area contributed by atoms with Crippen molar-refractivity contribution < 1.29 is 4.52 Å². The van der Waals surface area contributed by atoms with Crippen molar-refractivity contribution >= 4 is 12.2 Å². The minimum atomic E-state index is 0.354. The van der Waals surface area contributed by atoms with Gasteiger partial charge in [0.1, 0.15) is 0 Å². The molecule has 0 atom stereocenters. The van der Waals surface area contributed by atoms with Crippen LogP contribution in [0.2, 0.25) is 0 Å². The number of rotatable bonds is 3. The molecule has 0 aliphatic rings. The highest BCUT2D eigenvalue weighted by molar-refractivity contribution is 5.81. The zero-order valence-electron chi connectivity index (χ0n) is 11.7. The number of benzene rings is 1. The van der Waals surface area contributed by atoms with Crippen LogP contribution in [0.5, 0.6) is 0 Å². The summed E-state index contributed by atoms with van der Waals surface area (Å²) < 4.78 is 6.68. The molecule has 0 spiro atoms. The number of nitrogens with zero attached hydrogens (tertiary/aromatic N) is 5. The van der Waals surface area contributed by atoms with Gasteiger partial charge in [-0.15, -0.1) is 0 Å². The number of aryl methyl sites for hydroxylation is 2. The maximum atomic E-state index is 5.73. The van der Waals surface area contributed by atoms with Crippen molar-refractivity contribution in [2.24, 2.45) is 5.10 Å². The zero-order chi connectivity index (χ0) is 14.8. The van der Waals surface area contributed by atoms with Gasteiger partial charge in [0.05, 0.1) is 18.1 Å². The lowest BCUT2D eigenvalue weighted by atomic mass is 10.1. The number of anilines is 1. The van der Waals surface area contributed by atoms with E-state index < -0.39 is 0 Å². The predicted molar refractivity (Wildman–Crippen MR) is 78.8 cm³/mol. The Labute approximate surface area is 121 Å². The lowest BCUT2D eigenvalue weighted by molar-refractivity contribution is 0.425. The van der Waals surface area contributed by atoms with Gasteiger partial charge in [-0.2, -0.15) is 10.1 Å². The normalized spacial score (nSPS) is 11.3. The Morgan fingerprint density at radius 3 is 2.81 bits per heavy atom. The molecule has 7 heteroatoms. The van der Waals surface area contributed by atoms with E-state index in [2.05, 4.69) is 20.2 Å². The second-order valence-corrected chi connectivity index (χ2v) is 4.60. The molecule has 0 fully saturated rings. The van der Waals surface area contributed by atoms with Crippen molar-refractivity contribution in [2.75, 3.05) is 5.73 Å². The van der Waals surface area contributed by atoms with Gasteiger partial charge < -0.3 is 10.3 Å². The van der Waals surface area contributed by atoms with E-state index in [0.717, 1.165) is 16.8 Å². The summed E-state index contributed by atoms with van der Waals surface area (Å²) in [5.41, 5.74) is 8.29. The van der Waals surface area contributed by atoms with Crippen LogP contribution < -0.4 is 5.73 Å². The van der Waals surface area contributed by atoms with Gasteiger partial charge in [0.2, 0.25) is 5.95 Å². The van der Waals surface area contributed by atoms with Crippen molar-refractivity contribution in [3.63, 3.8) is 0 Å². The number of imidazole rings is 1. The summed E-state index contributed by atoms with van der Waals surface area (Å²) in [5.74, 6) is 1.44. The second kappa shape index (κ2) is 5.20. The van der Waals surface area contributed by atoms with Gasteiger partial charge in [0.15, 0.2) is 5.82 Å². The summed E-state index contributed by atoms with van der Waals surface area (Å²) in [4.78, 5) is 8.29. The van der Waals surface area contributed by atoms with Gasteiger partial charge in [-0.1, -0.05) is 17.3 Å². The summed E-state index contributed by atoms with van der Waals surface area (Å²) in [5, 5.41) is 8.06. The summed E-state index contributed by atoms with van der Waals surface area (Å²) >= 11 is 0. The summed E-state index contributed by atoms with van der Waals surface area (Å²) in [6, 6.07) is 7.64. The van der Waals surface area contributed by atoms with Crippen LogP contribution >= 0.6 is 0 Å². The molecule has 7 nitrogen and oxygen atoms in total. The Balaban J connectivity index is 1.88. The second-order valence-electron chi connectivity index (χ2n) is 4.60. The van der Waals surface area contributed by atoms with E-state index in [9.17, 15) is 0 Å². The smallest absolute Gasteiger partial charge is 0.257 e. The topological polar surface area (TPSA) is 95.1 Å². The molecular weight excluding hydrogens is 268 g/mol. The first kappa shape index (κ1) is 13.0. The van der Waals surface area contributed by atoms with E-state index in [1.807, 2.05) is 31.2 Å². The lowest BCUT2D eigenvalue weighted by Crippen LogP contribution is -1.97. The van der Waals surface area contributed by atoms with Crippen molar-refractivity contribution in [1.82, 2.24) is 19.8 Å². The van der Waals surface area contributed by atoms with Crippen molar-refractivity contribution in [1.29, 1.82) is 0 Å². The zero-order valence-corrected chi connectivity index (χ0v) is 11.7. The molecule has 0 saturated heterocycles. The molecule has 2 heterocycles. The fraction of sp³-hybridized carbons (Fsp3) is 0.143. The molecule has 0 saturated carbocycles. The molecule has 0 radical (unpaired) electrons. The van der Waals surface area contributed by atoms with E-state index >= 15 is 0 Å². The Morgan fingerprint density at radius 2 is 2.14 bits per heavy atom. The van der Waals surface area contributed by atoms with Crippen LogP contribution in [0.1, 0.15) is 17.1 Å². The van der Waals surface area contributed by atoms with Crippen molar-refractivity contribution in [3.05, 3.63) is 47.5 Å². The van der Waals surface area contributed by atoms with Crippen LogP contribution in [0.25, 0.3) is 11.5 Å². The minimum absolute atomic E-state index is 0.354. The van der Waals surface area contributed by atoms with Crippen LogP contribution in [-0.2, 0) is 0 Å². The SMILES string of the molecule is Cc1cn(N=Cc2cccc(-c3nc(C)no3)c2)c(N)n1. The number of hydrogen-bond donors (Lipinski definition) is 1. The summed E-state index contributed by atoms with van der Waals surface area (Å²) in [7, 11) is 0. The predicted octanol–water partition coefficient (Wildman–Crippen LogP) is 2.01. The van der Waals surface area contributed by atoms with E-state index in [0.29, 0.717) is 17.7 Å². The number of nitrogens with two attached hydrogens (primary N) is 1. The highest BCUT2D eigenvalue weighted by Gasteiger charge is 2.06. The molecule has 1 aromatic carbocycles. The summed E-state index contributed by atoms with van der Waals surface area (Å²) in [6.45, 7) is 3.64. The molecule has 2 aromatic heterocycles. The Bertz CT molecular complexity index is 801. The fourth-order valence-electron chi connectivity index (χ4n) is 1.89. The Kier molecular flexibility index (Phi) is 3.23. The summed E-state index contributed by atoms with van der Waals surface area (Å²) in [6.07, 6.45) is 3.46. The largest absolute Gasteiger partial charge is 0.368 e. The first-order valence-electron chi connectivity index (χ1n) is 6.38. The van der Waals surface area contributed by atoms with Crippen molar-refractivity contribution in [3.8, 4) is 11.5 Å². The Hall–Kier alpha value is -2.96. The van der Waals surface area contributed by atoms with Crippen LogP contribution in [0, 0.1) is 13.8 Å². The van der Waals surface area contributed by atoms with Crippen molar-refractivity contribution in [2.45, 2.75) is 13.8 Å². The van der Waals surface area contributed by atoms with E-state index in [-0.39, 0.29) is 0 Å². The molecule has 0 unspecified atom stereocenters. The van der Waals surface area contributed by atoms with Gasteiger partial charge in [0, 0.05) is 5.56 Å². The highest BCUT2D eigenvalue weighted by atomic mass is 16.5. The first-order valence-corrected chi connectivity index (χ1v) is 6.38. The van der Waals surface area contributed by atoms with Gasteiger partial charge >= 0.3 is 0 Å². The Morgan fingerprint density at radius 1 is 1.29 bits per heavy atom. The molecule has 3 aromatic rings. The van der Waals surface area contributed by atoms with Gasteiger partial charge in [0.25, 0.3) is 5.89 Å². The number of hydrogen-bond acceptors (Lipinski definition) is 6. The van der Waals surface area contributed by atoms with E-state index in [1.165, 1.54) is 4.68 Å². The monoisotopic (exact) mass is 282 g/mol. The lowest BCUT2D eigenvalue weighted by Gasteiger charge is -1.98. The van der Waals surface area contributed by atoms with Crippen LogP contribution in [0.3, 0.4) is 0 Å². The molecule has 0 aliphatic carbocycles. The number of aromatic nitrogens is 4. The molecular formula is C14H14N6O. The van der Waals surface area contributed by atoms with E-state index in [1.54, 1.807) is 19.3 Å². The van der Waals surface area contributed by atoms with Gasteiger partial charge in [-0.25, -0.2) is 9.66 Å². The molecule has 0 aliphatic heterocycles. The highest BCUT2D eigenvalue weighted by Crippen LogP contribution is 2.17. The third-order valence-corrected chi connectivity index (χ3v) is 2.83. The fourth-order valence-corrected chi connectivity index (χ4v) is 1.89. The van der Waals surface area contributed by atoms with E-state index in [4.69, 9.17) is 10.3 Å². The van der Waals surface area contributed by atoms with Gasteiger partial charge in [-0.05, 0) is 31.5 Å². The quantitative estimate of drug-likeness (QED) is 0.741. The van der Waals surface area contributed by atoms with Crippen LogP contribution in [-0.4, -0.2) is 26.0 Å². The molecule has 0 amide bonds. The van der Waals surface area contributed by atoms with Crippen LogP contribution in [0.15, 0.2) is 40.1 Å². The molecule has 3 rings (SSSR count). The standard InChI is InChI=1S/C14H14N6O/c1-9-8-20(14(15)17-9)16-7-11-4-3-5-12(6-11)13-18-10(2)19-21-13/h3-8H,1-2H3,(H2,15,17). The maximum Gasteiger partial charge on any atom is 0.257 e. The average Bonchev–Trinajstić information content (AvgIpc) is 3.03. The molecule has 0 bridgehead atoms. The average molecular weight is 282 g/mol. The maximum absolute atomic E-state index is 5.73. The molecule has 21 heavy (non-hydrogen) atoms. The third kappa shape index (κ3) is 2.81. The van der Waals surface area contributed by atoms with Gasteiger partial charge in [-0.3, -0.25) is 0 Å². The first-order chi connectivity index (χ1) is 10.1. The third-order valence-electron chi connectivity index (χ3n) is 2.83. The number of nitrogen functional groups attached to an aromatic ring is 1. The minimum Gasteiger partial charge on any atom is -0.368 e.